The minimum atomic E-state index is -1.14. The molecule has 21 heavy (non-hydrogen) atoms. The van der Waals surface area contributed by atoms with Crippen molar-refractivity contribution in [2.45, 2.75) is 6.42 Å². The van der Waals surface area contributed by atoms with Crippen LogP contribution in [0.3, 0.4) is 0 Å². The van der Waals surface area contributed by atoms with Gasteiger partial charge in [0.05, 0.1) is 24.5 Å². The third-order valence-corrected chi connectivity index (χ3v) is 3.12. The third kappa shape index (κ3) is 3.25. The Morgan fingerprint density at radius 2 is 1.81 bits per heavy atom. The van der Waals surface area contributed by atoms with Crippen molar-refractivity contribution in [3.63, 3.8) is 0 Å². The van der Waals surface area contributed by atoms with Crippen LogP contribution in [0.4, 0.5) is 14.5 Å². The van der Waals surface area contributed by atoms with Crippen LogP contribution in [0.2, 0.25) is 0 Å². The third-order valence-electron chi connectivity index (χ3n) is 3.12. The summed E-state index contributed by atoms with van der Waals surface area (Å²) < 4.78 is 36.5. The molecule has 0 unspecified atom stereocenters. The largest absolute Gasteiger partial charge is 0.382 e. The highest BCUT2D eigenvalue weighted by molar-refractivity contribution is 6.52. The molecular formula is C14H15F2NO4. The Balaban J connectivity index is 2.00. The lowest BCUT2D eigenvalue weighted by Crippen LogP contribution is -2.31. The molecule has 5 nitrogen and oxygen atoms in total. The summed E-state index contributed by atoms with van der Waals surface area (Å²) in [6, 6.07) is 1.64. The molecule has 7 heteroatoms. The number of benzene rings is 1. The Morgan fingerprint density at radius 1 is 1.10 bits per heavy atom. The number of ketones is 1. The molecule has 0 bridgehead atoms. The fourth-order valence-corrected chi connectivity index (χ4v) is 2.08. The van der Waals surface area contributed by atoms with Gasteiger partial charge in [-0.05, 0) is 12.5 Å². The van der Waals surface area contributed by atoms with Crippen LogP contribution >= 0.6 is 0 Å². The molecule has 2 rings (SSSR count). The topological polar surface area (TPSA) is 55.8 Å². The van der Waals surface area contributed by atoms with Crippen molar-refractivity contribution in [3.05, 3.63) is 29.3 Å². The highest BCUT2D eigenvalue weighted by atomic mass is 19.2. The lowest BCUT2D eigenvalue weighted by atomic mass is 10.1. The van der Waals surface area contributed by atoms with E-state index in [1.807, 2.05) is 0 Å². The first-order chi connectivity index (χ1) is 10.1. The van der Waals surface area contributed by atoms with E-state index >= 15 is 0 Å². The van der Waals surface area contributed by atoms with Crippen LogP contribution < -0.4 is 4.90 Å². The van der Waals surface area contributed by atoms with Crippen LogP contribution in [0.25, 0.3) is 0 Å². The first-order valence-corrected chi connectivity index (χ1v) is 6.48. The summed E-state index contributed by atoms with van der Waals surface area (Å²) >= 11 is 0. The number of methoxy groups -OCH3 is 1. The molecular weight excluding hydrogens is 284 g/mol. The number of halogens is 2. The molecule has 1 aromatic carbocycles. The van der Waals surface area contributed by atoms with Crippen molar-refractivity contribution in [2.24, 2.45) is 0 Å². The van der Waals surface area contributed by atoms with Crippen LogP contribution in [0.5, 0.6) is 0 Å². The normalized spacial score (nSPS) is 14.0. The van der Waals surface area contributed by atoms with Crippen molar-refractivity contribution in [3.8, 4) is 0 Å². The standard InChI is InChI=1S/C14H15F2NO4/c1-20-5-6-21-4-2-3-17-12-8-11(16)10(15)7-9(12)13(18)14(17)19/h7-8H,2-6H2,1H3. The van der Waals surface area contributed by atoms with Crippen molar-refractivity contribution in [2.75, 3.05) is 38.4 Å². The number of nitrogens with zero attached hydrogens (tertiary/aromatic N) is 1. The van der Waals surface area contributed by atoms with E-state index in [1.165, 1.54) is 0 Å². The maximum Gasteiger partial charge on any atom is 0.299 e. The van der Waals surface area contributed by atoms with E-state index in [-0.39, 0.29) is 17.8 Å². The number of carbonyl (C=O) groups is 2. The summed E-state index contributed by atoms with van der Waals surface area (Å²) in [6.45, 7) is 1.48. The SMILES string of the molecule is COCCOCCCN1C(=O)C(=O)c2cc(F)c(F)cc21. The van der Waals surface area contributed by atoms with Gasteiger partial charge in [-0.25, -0.2) is 8.78 Å². The van der Waals surface area contributed by atoms with E-state index in [0.29, 0.717) is 26.2 Å². The molecule has 0 atom stereocenters. The Kier molecular flexibility index (Phi) is 4.98. The molecule has 1 aliphatic heterocycles. The molecule has 1 heterocycles. The highest BCUT2D eigenvalue weighted by Gasteiger charge is 2.36. The summed E-state index contributed by atoms with van der Waals surface area (Å²) in [5.41, 5.74) is 0.0139. The monoisotopic (exact) mass is 299 g/mol. The molecule has 0 N–H and O–H groups in total. The second-order valence-electron chi connectivity index (χ2n) is 4.53. The number of hydrogen-bond donors (Lipinski definition) is 0. The zero-order valence-electron chi connectivity index (χ0n) is 11.5. The van der Waals surface area contributed by atoms with Crippen LogP contribution in [0.1, 0.15) is 16.8 Å². The second kappa shape index (κ2) is 6.73. The van der Waals surface area contributed by atoms with Gasteiger partial charge in [-0.3, -0.25) is 9.59 Å². The van der Waals surface area contributed by atoms with Gasteiger partial charge in [0.2, 0.25) is 0 Å². The molecule has 1 aromatic rings. The maximum absolute atomic E-state index is 13.3. The molecule has 0 aliphatic carbocycles. The second-order valence-corrected chi connectivity index (χ2v) is 4.53. The highest BCUT2D eigenvalue weighted by Crippen LogP contribution is 2.30. The quantitative estimate of drug-likeness (QED) is 0.566. The van der Waals surface area contributed by atoms with Gasteiger partial charge < -0.3 is 14.4 Å². The summed E-state index contributed by atoms with van der Waals surface area (Å²) in [5, 5.41) is 0. The summed E-state index contributed by atoms with van der Waals surface area (Å²) in [7, 11) is 1.56. The summed E-state index contributed by atoms with van der Waals surface area (Å²) in [6.07, 6.45) is 0.473. The minimum absolute atomic E-state index is 0.0980. The lowest BCUT2D eigenvalue weighted by molar-refractivity contribution is -0.114. The first-order valence-electron chi connectivity index (χ1n) is 6.48. The van der Waals surface area contributed by atoms with Gasteiger partial charge >= 0.3 is 0 Å². The number of Topliss-reactive ketones (excluding diaryl/α,β-unsaturated/α-hetero) is 1. The predicted octanol–water partition coefficient (Wildman–Crippen LogP) is 1.55. The maximum atomic E-state index is 13.3. The van der Waals surface area contributed by atoms with Gasteiger partial charge in [0.25, 0.3) is 11.7 Å². The van der Waals surface area contributed by atoms with Gasteiger partial charge in [0, 0.05) is 26.3 Å². The van der Waals surface area contributed by atoms with E-state index < -0.39 is 23.3 Å². The minimum Gasteiger partial charge on any atom is -0.382 e. The zero-order chi connectivity index (χ0) is 15.4. The van der Waals surface area contributed by atoms with Gasteiger partial charge in [0.15, 0.2) is 11.6 Å². The summed E-state index contributed by atoms with van der Waals surface area (Å²) in [4.78, 5) is 24.7. The average molecular weight is 299 g/mol. The van der Waals surface area contributed by atoms with Crippen LogP contribution in [-0.2, 0) is 14.3 Å². The van der Waals surface area contributed by atoms with Crippen molar-refractivity contribution in [1.29, 1.82) is 0 Å². The van der Waals surface area contributed by atoms with Crippen LogP contribution in [0.15, 0.2) is 12.1 Å². The fraction of sp³-hybridized carbons (Fsp3) is 0.429. The molecule has 0 saturated carbocycles. The van der Waals surface area contributed by atoms with E-state index in [4.69, 9.17) is 9.47 Å². The number of rotatable bonds is 7. The molecule has 0 fully saturated rings. The summed E-state index contributed by atoms with van der Waals surface area (Å²) in [5.74, 6) is -3.81. The van der Waals surface area contributed by atoms with Crippen LogP contribution in [-0.4, -0.2) is 45.2 Å². The number of fused-ring (bicyclic) bond motifs is 1. The zero-order valence-corrected chi connectivity index (χ0v) is 11.5. The average Bonchev–Trinajstić information content (AvgIpc) is 2.68. The number of hydrogen-bond acceptors (Lipinski definition) is 4. The van der Waals surface area contributed by atoms with E-state index in [0.717, 1.165) is 17.0 Å². The van der Waals surface area contributed by atoms with Gasteiger partial charge in [-0.15, -0.1) is 0 Å². The molecule has 0 aromatic heterocycles. The molecule has 1 aliphatic rings. The van der Waals surface area contributed by atoms with Crippen molar-refractivity contribution < 1.29 is 27.8 Å². The van der Waals surface area contributed by atoms with Gasteiger partial charge in [-0.2, -0.15) is 0 Å². The van der Waals surface area contributed by atoms with E-state index in [1.54, 1.807) is 7.11 Å². The fourth-order valence-electron chi connectivity index (χ4n) is 2.08. The number of ether oxygens (including phenoxy) is 2. The Hall–Kier alpha value is -1.86. The first kappa shape index (κ1) is 15.5. The smallest absolute Gasteiger partial charge is 0.299 e. The molecule has 114 valence electrons. The van der Waals surface area contributed by atoms with Crippen LogP contribution in [0, 0.1) is 11.6 Å². The molecule has 0 spiro atoms. The Bertz CT molecular complexity index is 562. The lowest BCUT2D eigenvalue weighted by Gasteiger charge is -2.16. The number of amides is 1. The Morgan fingerprint density at radius 3 is 2.52 bits per heavy atom. The predicted molar refractivity (Wildman–Crippen MR) is 70.4 cm³/mol. The number of carbonyl (C=O) groups excluding carboxylic acids is 2. The van der Waals surface area contributed by atoms with E-state index in [9.17, 15) is 18.4 Å². The van der Waals surface area contributed by atoms with Gasteiger partial charge in [-0.1, -0.05) is 0 Å². The molecule has 0 saturated heterocycles. The van der Waals surface area contributed by atoms with Crippen molar-refractivity contribution in [1.82, 2.24) is 0 Å². The van der Waals surface area contributed by atoms with E-state index in [2.05, 4.69) is 0 Å². The molecule has 0 radical (unpaired) electrons. The molecule has 1 amide bonds. The van der Waals surface area contributed by atoms with Crippen molar-refractivity contribution >= 4 is 17.4 Å². The van der Waals surface area contributed by atoms with Gasteiger partial charge in [0.1, 0.15) is 0 Å². The number of anilines is 1. The Labute approximate surface area is 120 Å².